The van der Waals surface area contributed by atoms with Gasteiger partial charge in [-0.15, -0.1) is 0 Å². The summed E-state index contributed by atoms with van der Waals surface area (Å²) in [5, 5.41) is 7.05. The van der Waals surface area contributed by atoms with Crippen LogP contribution in [0.3, 0.4) is 0 Å². The van der Waals surface area contributed by atoms with E-state index in [1.54, 1.807) is 0 Å². The normalized spacial score (nSPS) is 13.4. The molecule has 1 fully saturated rings. The van der Waals surface area contributed by atoms with Gasteiger partial charge in [-0.1, -0.05) is 23.4 Å². The standard InChI is InChI=1S/C24H28N4O3/c1-2-30-20-11-9-18(10-12-20)24-26-23(31-27-24)14-13-22(29)25-17-19-7-3-4-8-21(19)28-15-5-6-16-28/h3-4,7-12H,2,5-6,13-17H2,1H3,(H,25,29). The van der Waals surface area contributed by atoms with Crippen LogP contribution < -0.4 is 15.0 Å². The first-order chi connectivity index (χ1) is 15.2. The minimum absolute atomic E-state index is 0.0305. The molecule has 0 unspecified atom stereocenters. The van der Waals surface area contributed by atoms with Gasteiger partial charge in [0.1, 0.15) is 5.75 Å². The summed E-state index contributed by atoms with van der Waals surface area (Å²) in [4.78, 5) is 19.2. The van der Waals surface area contributed by atoms with Crippen LogP contribution in [-0.4, -0.2) is 35.7 Å². The Morgan fingerprint density at radius 1 is 1.13 bits per heavy atom. The Morgan fingerprint density at radius 2 is 1.90 bits per heavy atom. The number of para-hydroxylation sites is 1. The van der Waals surface area contributed by atoms with E-state index < -0.39 is 0 Å². The van der Waals surface area contributed by atoms with Crippen molar-refractivity contribution in [3.05, 3.63) is 60.0 Å². The molecule has 0 atom stereocenters. The second kappa shape index (κ2) is 10.1. The molecule has 2 heterocycles. The molecule has 7 nitrogen and oxygen atoms in total. The summed E-state index contributed by atoms with van der Waals surface area (Å²) in [6.45, 7) is 5.25. The molecule has 31 heavy (non-hydrogen) atoms. The van der Waals surface area contributed by atoms with Crippen LogP contribution in [0, 0.1) is 0 Å². The summed E-state index contributed by atoms with van der Waals surface area (Å²) in [6.07, 6.45) is 3.16. The number of nitrogens with one attached hydrogen (secondary N) is 1. The highest BCUT2D eigenvalue weighted by molar-refractivity contribution is 5.76. The molecule has 1 N–H and O–H groups in total. The molecule has 4 rings (SSSR count). The maximum absolute atomic E-state index is 12.4. The van der Waals surface area contributed by atoms with Gasteiger partial charge in [0.2, 0.25) is 17.6 Å². The first kappa shape index (κ1) is 20.9. The number of rotatable bonds is 9. The van der Waals surface area contributed by atoms with Crippen LogP contribution in [0.25, 0.3) is 11.4 Å². The van der Waals surface area contributed by atoms with E-state index in [4.69, 9.17) is 9.26 Å². The van der Waals surface area contributed by atoms with Crippen molar-refractivity contribution in [1.29, 1.82) is 0 Å². The van der Waals surface area contributed by atoms with Gasteiger partial charge in [0, 0.05) is 43.7 Å². The number of nitrogens with zero attached hydrogens (tertiary/aromatic N) is 3. The van der Waals surface area contributed by atoms with Gasteiger partial charge >= 0.3 is 0 Å². The molecular formula is C24H28N4O3. The van der Waals surface area contributed by atoms with Crippen molar-refractivity contribution in [2.45, 2.75) is 39.2 Å². The highest BCUT2D eigenvalue weighted by Gasteiger charge is 2.16. The average molecular weight is 421 g/mol. The number of benzene rings is 2. The van der Waals surface area contributed by atoms with Crippen LogP contribution in [0.4, 0.5) is 5.69 Å². The van der Waals surface area contributed by atoms with Gasteiger partial charge in [-0.05, 0) is 55.7 Å². The second-order valence-electron chi connectivity index (χ2n) is 7.57. The van der Waals surface area contributed by atoms with E-state index in [9.17, 15) is 4.79 Å². The van der Waals surface area contributed by atoms with Crippen molar-refractivity contribution in [2.75, 3.05) is 24.6 Å². The topological polar surface area (TPSA) is 80.5 Å². The average Bonchev–Trinajstić information content (AvgIpc) is 3.50. The third-order valence-corrected chi connectivity index (χ3v) is 5.37. The van der Waals surface area contributed by atoms with E-state index in [1.165, 1.54) is 18.5 Å². The highest BCUT2D eigenvalue weighted by atomic mass is 16.5. The number of hydrogen-bond acceptors (Lipinski definition) is 6. The number of hydrogen-bond donors (Lipinski definition) is 1. The summed E-state index contributed by atoms with van der Waals surface area (Å²) in [5.41, 5.74) is 3.21. The van der Waals surface area contributed by atoms with E-state index in [0.717, 1.165) is 30.0 Å². The van der Waals surface area contributed by atoms with Gasteiger partial charge in [0.15, 0.2) is 0 Å². The van der Waals surface area contributed by atoms with Crippen molar-refractivity contribution in [2.24, 2.45) is 0 Å². The van der Waals surface area contributed by atoms with Gasteiger partial charge in [0.05, 0.1) is 6.61 Å². The zero-order valence-corrected chi connectivity index (χ0v) is 17.8. The summed E-state index contributed by atoms with van der Waals surface area (Å²) >= 11 is 0. The molecule has 1 aromatic heterocycles. The van der Waals surface area contributed by atoms with Crippen molar-refractivity contribution in [3.8, 4) is 17.1 Å². The zero-order valence-electron chi connectivity index (χ0n) is 17.8. The van der Waals surface area contributed by atoms with Crippen LogP contribution in [-0.2, 0) is 17.8 Å². The molecule has 3 aromatic rings. The molecule has 0 spiro atoms. The van der Waals surface area contributed by atoms with E-state index in [2.05, 4.69) is 38.6 Å². The Bertz CT molecular complexity index is 994. The minimum Gasteiger partial charge on any atom is -0.494 e. The Hall–Kier alpha value is -3.35. The van der Waals surface area contributed by atoms with Crippen LogP contribution in [0.2, 0.25) is 0 Å². The number of carbonyl (C=O) groups excluding carboxylic acids is 1. The molecule has 7 heteroatoms. The van der Waals surface area contributed by atoms with Gasteiger partial charge in [0.25, 0.3) is 0 Å². The number of ether oxygens (including phenoxy) is 1. The van der Waals surface area contributed by atoms with E-state index >= 15 is 0 Å². The van der Waals surface area contributed by atoms with Crippen molar-refractivity contribution >= 4 is 11.6 Å². The Morgan fingerprint density at radius 3 is 2.68 bits per heavy atom. The molecule has 1 aliphatic heterocycles. The number of aryl methyl sites for hydroxylation is 1. The summed E-state index contributed by atoms with van der Waals surface area (Å²) in [7, 11) is 0. The Balaban J connectivity index is 1.28. The molecule has 1 saturated heterocycles. The zero-order chi connectivity index (χ0) is 21.5. The van der Waals surface area contributed by atoms with Crippen LogP contribution in [0.15, 0.2) is 53.1 Å². The maximum Gasteiger partial charge on any atom is 0.227 e. The first-order valence-electron chi connectivity index (χ1n) is 10.9. The third-order valence-electron chi connectivity index (χ3n) is 5.37. The lowest BCUT2D eigenvalue weighted by Gasteiger charge is -2.21. The van der Waals surface area contributed by atoms with Gasteiger partial charge in [-0.3, -0.25) is 4.79 Å². The molecule has 1 amide bonds. The van der Waals surface area contributed by atoms with Crippen molar-refractivity contribution in [3.63, 3.8) is 0 Å². The van der Waals surface area contributed by atoms with Gasteiger partial charge < -0.3 is 19.5 Å². The van der Waals surface area contributed by atoms with Crippen LogP contribution in [0.1, 0.15) is 37.6 Å². The predicted octanol–water partition coefficient (Wildman–Crippen LogP) is 3.98. The van der Waals surface area contributed by atoms with Crippen molar-refractivity contribution in [1.82, 2.24) is 15.5 Å². The van der Waals surface area contributed by atoms with Crippen LogP contribution >= 0.6 is 0 Å². The summed E-state index contributed by atoms with van der Waals surface area (Å²) in [5.74, 6) is 1.74. The molecule has 0 aliphatic carbocycles. The van der Waals surface area contributed by atoms with E-state index in [-0.39, 0.29) is 5.91 Å². The SMILES string of the molecule is CCOc1ccc(-c2noc(CCC(=O)NCc3ccccc3N3CCCC3)n2)cc1. The number of amides is 1. The second-order valence-corrected chi connectivity index (χ2v) is 7.57. The fourth-order valence-electron chi connectivity index (χ4n) is 3.77. The summed E-state index contributed by atoms with van der Waals surface area (Å²) in [6, 6.07) is 15.8. The monoisotopic (exact) mass is 420 g/mol. The number of anilines is 1. The lowest BCUT2D eigenvalue weighted by Crippen LogP contribution is -2.25. The van der Waals surface area contributed by atoms with E-state index in [1.807, 2.05) is 37.3 Å². The third kappa shape index (κ3) is 5.42. The lowest BCUT2D eigenvalue weighted by molar-refractivity contribution is -0.121. The Labute approximate surface area is 182 Å². The fraction of sp³-hybridized carbons (Fsp3) is 0.375. The van der Waals surface area contributed by atoms with Crippen molar-refractivity contribution < 1.29 is 14.1 Å². The van der Waals surface area contributed by atoms with Gasteiger partial charge in [-0.2, -0.15) is 4.98 Å². The largest absolute Gasteiger partial charge is 0.494 e. The number of aromatic nitrogens is 2. The summed E-state index contributed by atoms with van der Waals surface area (Å²) < 4.78 is 10.8. The molecule has 162 valence electrons. The first-order valence-corrected chi connectivity index (χ1v) is 10.9. The quantitative estimate of drug-likeness (QED) is 0.564. The Kier molecular flexibility index (Phi) is 6.82. The van der Waals surface area contributed by atoms with Gasteiger partial charge in [-0.25, -0.2) is 0 Å². The lowest BCUT2D eigenvalue weighted by atomic mass is 10.1. The number of carbonyl (C=O) groups is 1. The van der Waals surface area contributed by atoms with E-state index in [0.29, 0.717) is 37.7 Å². The highest BCUT2D eigenvalue weighted by Crippen LogP contribution is 2.24. The molecule has 0 radical (unpaired) electrons. The molecule has 0 bridgehead atoms. The predicted molar refractivity (Wildman–Crippen MR) is 119 cm³/mol. The minimum atomic E-state index is -0.0305. The fourth-order valence-corrected chi connectivity index (χ4v) is 3.77. The maximum atomic E-state index is 12.4. The molecular weight excluding hydrogens is 392 g/mol. The van der Waals surface area contributed by atoms with Crippen LogP contribution in [0.5, 0.6) is 5.75 Å². The molecule has 1 aliphatic rings. The smallest absolute Gasteiger partial charge is 0.227 e. The molecule has 2 aromatic carbocycles. The molecule has 0 saturated carbocycles.